The monoisotopic (exact) mass is 494 g/mol. The van der Waals surface area contributed by atoms with Gasteiger partial charge in [-0.1, -0.05) is 6.07 Å². The molecule has 4 heterocycles. The summed E-state index contributed by atoms with van der Waals surface area (Å²) in [5.74, 6) is -0.518. The molecule has 182 valence electrons. The molecule has 5 rings (SSSR count). The Hall–Kier alpha value is -3.43. The van der Waals surface area contributed by atoms with Gasteiger partial charge in [0.25, 0.3) is 11.5 Å². The zero-order valence-electron chi connectivity index (χ0n) is 20.0. The summed E-state index contributed by atoms with van der Waals surface area (Å²) in [5, 5.41) is 14.2. The Morgan fingerprint density at radius 1 is 1.29 bits per heavy atom. The number of anilines is 2. The van der Waals surface area contributed by atoms with Gasteiger partial charge in [0.15, 0.2) is 0 Å². The summed E-state index contributed by atoms with van der Waals surface area (Å²) in [6, 6.07) is 8.70. The molecule has 0 saturated carbocycles. The van der Waals surface area contributed by atoms with Crippen LogP contribution in [0.2, 0.25) is 0 Å². The van der Waals surface area contributed by atoms with Crippen molar-refractivity contribution in [2.24, 2.45) is 7.05 Å². The normalized spacial score (nSPS) is 13.5. The Kier molecular flexibility index (Phi) is 5.56. The SMILES string of the molecule is CCNC(=O)c1cc2c(-c3sc(C(C)(C)O)cc3N3CCc4c(F)cccc43)cn(C)c(=O)c2[nH]1. The molecular formula is C26H27FN4O3S. The van der Waals surface area contributed by atoms with Crippen molar-refractivity contribution in [2.75, 3.05) is 18.0 Å². The van der Waals surface area contributed by atoms with Crippen LogP contribution in [0.25, 0.3) is 21.3 Å². The molecule has 0 spiro atoms. The number of amides is 1. The third-order valence-corrected chi connectivity index (χ3v) is 7.84. The molecule has 3 N–H and O–H groups in total. The first-order valence-corrected chi connectivity index (χ1v) is 12.3. The van der Waals surface area contributed by atoms with Crippen LogP contribution < -0.4 is 15.8 Å². The van der Waals surface area contributed by atoms with Crippen LogP contribution in [0.1, 0.15) is 41.7 Å². The van der Waals surface area contributed by atoms with Gasteiger partial charge >= 0.3 is 0 Å². The fourth-order valence-electron chi connectivity index (χ4n) is 4.61. The molecule has 9 heteroatoms. The largest absolute Gasteiger partial charge is 0.385 e. The van der Waals surface area contributed by atoms with E-state index in [0.29, 0.717) is 41.7 Å². The van der Waals surface area contributed by atoms with Crippen molar-refractivity contribution >= 4 is 39.5 Å². The van der Waals surface area contributed by atoms with Crippen LogP contribution in [0.3, 0.4) is 0 Å². The number of aliphatic hydroxyl groups is 1. The number of aromatic amines is 1. The molecule has 0 fully saturated rings. The number of carbonyl (C=O) groups is 1. The number of fused-ring (bicyclic) bond motifs is 2. The van der Waals surface area contributed by atoms with Crippen LogP contribution in [0.5, 0.6) is 0 Å². The minimum absolute atomic E-state index is 0.230. The van der Waals surface area contributed by atoms with E-state index in [2.05, 4.69) is 15.2 Å². The number of hydrogen-bond acceptors (Lipinski definition) is 5. The number of benzene rings is 1. The van der Waals surface area contributed by atoms with Gasteiger partial charge in [0.1, 0.15) is 17.0 Å². The molecule has 0 radical (unpaired) electrons. The Morgan fingerprint density at radius 2 is 2.06 bits per heavy atom. The van der Waals surface area contributed by atoms with Crippen molar-refractivity contribution < 1.29 is 14.3 Å². The summed E-state index contributed by atoms with van der Waals surface area (Å²) in [6.45, 7) is 6.34. The first-order valence-electron chi connectivity index (χ1n) is 11.5. The van der Waals surface area contributed by atoms with Gasteiger partial charge in [-0.25, -0.2) is 4.39 Å². The van der Waals surface area contributed by atoms with E-state index in [0.717, 1.165) is 26.7 Å². The highest BCUT2D eigenvalue weighted by Crippen LogP contribution is 2.48. The molecule has 4 aromatic rings. The summed E-state index contributed by atoms with van der Waals surface area (Å²) in [4.78, 5) is 32.1. The van der Waals surface area contributed by atoms with Crippen molar-refractivity contribution in [1.29, 1.82) is 0 Å². The summed E-state index contributed by atoms with van der Waals surface area (Å²) in [7, 11) is 1.67. The molecule has 7 nitrogen and oxygen atoms in total. The Bertz CT molecular complexity index is 1530. The summed E-state index contributed by atoms with van der Waals surface area (Å²) < 4.78 is 16.0. The molecule has 0 bridgehead atoms. The van der Waals surface area contributed by atoms with Gasteiger partial charge in [-0.05, 0) is 51.5 Å². The first-order chi connectivity index (χ1) is 16.6. The smallest absolute Gasteiger partial charge is 0.274 e. The standard InChI is InChI=1S/C26H27FN4O3S/c1-5-28-24(32)18-11-15-16(13-30(4)25(33)22(15)29-18)23-20(12-21(35-23)26(2,3)34)31-10-9-14-17(27)7-6-8-19(14)31/h6-8,11-13,29,34H,5,9-10H2,1-4H3,(H,28,32). The summed E-state index contributed by atoms with van der Waals surface area (Å²) in [6.07, 6.45) is 2.33. The fraction of sp³-hybridized carbons (Fsp3) is 0.308. The predicted molar refractivity (Wildman–Crippen MR) is 137 cm³/mol. The van der Waals surface area contributed by atoms with Gasteiger partial charge in [0.2, 0.25) is 0 Å². The van der Waals surface area contributed by atoms with E-state index in [1.54, 1.807) is 39.2 Å². The number of nitrogens with zero attached hydrogens (tertiary/aromatic N) is 2. The van der Waals surface area contributed by atoms with Gasteiger partial charge in [-0.2, -0.15) is 0 Å². The maximum atomic E-state index is 14.5. The van der Waals surface area contributed by atoms with Crippen LogP contribution >= 0.6 is 11.3 Å². The summed E-state index contributed by atoms with van der Waals surface area (Å²) >= 11 is 1.43. The maximum Gasteiger partial charge on any atom is 0.274 e. The maximum absolute atomic E-state index is 14.5. The van der Waals surface area contributed by atoms with Crippen molar-refractivity contribution in [3.63, 3.8) is 0 Å². The molecular weight excluding hydrogens is 467 g/mol. The Morgan fingerprint density at radius 3 is 2.77 bits per heavy atom. The Labute approximate surface area is 205 Å². The lowest BCUT2D eigenvalue weighted by molar-refractivity contribution is 0.0825. The van der Waals surface area contributed by atoms with E-state index >= 15 is 0 Å². The lowest BCUT2D eigenvalue weighted by atomic mass is 10.1. The van der Waals surface area contributed by atoms with E-state index < -0.39 is 5.60 Å². The zero-order chi connectivity index (χ0) is 25.1. The van der Waals surface area contributed by atoms with Crippen LogP contribution in [-0.4, -0.2) is 33.7 Å². The second-order valence-electron chi connectivity index (χ2n) is 9.31. The van der Waals surface area contributed by atoms with Gasteiger partial charge in [0, 0.05) is 53.4 Å². The third-order valence-electron chi connectivity index (χ3n) is 6.37. The van der Waals surface area contributed by atoms with Gasteiger partial charge in [0.05, 0.1) is 16.2 Å². The molecule has 0 saturated heterocycles. The lowest BCUT2D eigenvalue weighted by Crippen LogP contribution is -2.23. The van der Waals surface area contributed by atoms with E-state index in [-0.39, 0.29) is 17.3 Å². The Balaban J connectivity index is 1.77. The van der Waals surface area contributed by atoms with Gasteiger partial charge < -0.3 is 24.9 Å². The molecule has 1 aliphatic rings. The number of hydrogen-bond donors (Lipinski definition) is 3. The third kappa shape index (κ3) is 3.84. The molecule has 3 aromatic heterocycles. The van der Waals surface area contributed by atoms with Crippen molar-refractivity contribution in [2.45, 2.75) is 32.8 Å². The second-order valence-corrected chi connectivity index (χ2v) is 10.4. The minimum Gasteiger partial charge on any atom is -0.385 e. The van der Waals surface area contributed by atoms with Crippen LogP contribution in [0, 0.1) is 5.82 Å². The number of thiophene rings is 1. The van der Waals surface area contributed by atoms with Gasteiger partial charge in [-0.15, -0.1) is 11.3 Å². The van der Waals surface area contributed by atoms with E-state index in [9.17, 15) is 19.1 Å². The number of rotatable bonds is 5. The minimum atomic E-state index is -1.09. The number of H-pyrrole nitrogens is 1. The second kappa shape index (κ2) is 8.35. The highest BCUT2D eigenvalue weighted by Gasteiger charge is 2.30. The molecule has 0 aliphatic carbocycles. The quantitative estimate of drug-likeness (QED) is 0.384. The number of carbonyl (C=O) groups excluding carboxylic acids is 1. The fourth-order valence-corrected chi connectivity index (χ4v) is 5.80. The number of pyridine rings is 1. The predicted octanol–water partition coefficient (Wildman–Crippen LogP) is 4.41. The van der Waals surface area contributed by atoms with E-state index in [4.69, 9.17) is 0 Å². The average molecular weight is 495 g/mol. The molecule has 1 aromatic carbocycles. The molecule has 0 atom stereocenters. The lowest BCUT2D eigenvalue weighted by Gasteiger charge is -2.21. The van der Waals surface area contributed by atoms with Gasteiger partial charge in [-0.3, -0.25) is 9.59 Å². The summed E-state index contributed by atoms with van der Waals surface area (Å²) in [5.41, 5.74) is 2.36. The van der Waals surface area contributed by atoms with Crippen molar-refractivity contribution in [1.82, 2.24) is 14.9 Å². The number of aromatic nitrogens is 2. The highest BCUT2D eigenvalue weighted by molar-refractivity contribution is 7.16. The number of halogens is 1. The van der Waals surface area contributed by atoms with Crippen LogP contribution in [-0.2, 0) is 19.1 Å². The number of aryl methyl sites for hydroxylation is 1. The first kappa shape index (κ1) is 23.3. The molecule has 1 amide bonds. The van der Waals surface area contributed by atoms with Crippen LogP contribution in [0.15, 0.2) is 41.3 Å². The molecule has 1 aliphatic heterocycles. The molecule has 0 unspecified atom stereocenters. The van der Waals surface area contributed by atoms with Crippen molar-refractivity contribution in [3.8, 4) is 10.4 Å². The average Bonchev–Trinajstić information content (AvgIpc) is 3.52. The van der Waals surface area contributed by atoms with E-state index in [1.807, 2.05) is 19.1 Å². The topological polar surface area (TPSA) is 90.4 Å². The van der Waals surface area contributed by atoms with Crippen LogP contribution in [0.4, 0.5) is 15.8 Å². The number of nitrogens with one attached hydrogen (secondary N) is 2. The van der Waals surface area contributed by atoms with E-state index in [1.165, 1.54) is 22.0 Å². The molecule has 35 heavy (non-hydrogen) atoms. The zero-order valence-corrected chi connectivity index (χ0v) is 20.8. The highest BCUT2D eigenvalue weighted by atomic mass is 32.1. The van der Waals surface area contributed by atoms with Crippen molar-refractivity contribution in [3.05, 3.63) is 68.8 Å².